The molecular formula is C31H35F4N5O4S. The highest BCUT2D eigenvalue weighted by molar-refractivity contribution is 7.86. The zero-order valence-corrected chi connectivity index (χ0v) is 25.3. The van der Waals surface area contributed by atoms with E-state index in [-0.39, 0.29) is 35.7 Å². The largest absolute Gasteiger partial charge is 0.379 e. The highest BCUT2D eigenvalue weighted by Crippen LogP contribution is 2.31. The number of nitrogens with zero attached hydrogens (tertiary/aromatic N) is 3. The van der Waals surface area contributed by atoms with Gasteiger partial charge in [0, 0.05) is 62.7 Å². The van der Waals surface area contributed by atoms with Crippen LogP contribution < -0.4 is 10.6 Å². The molecule has 2 fully saturated rings. The quantitative estimate of drug-likeness (QED) is 0.305. The Morgan fingerprint density at radius 3 is 2.40 bits per heavy atom. The summed E-state index contributed by atoms with van der Waals surface area (Å²) >= 11 is 0. The Kier molecular flexibility index (Phi) is 10.8. The van der Waals surface area contributed by atoms with Gasteiger partial charge >= 0.3 is 0 Å². The van der Waals surface area contributed by atoms with E-state index < -0.39 is 45.3 Å². The number of ether oxygens (including phenoxy) is 1. The van der Waals surface area contributed by atoms with Gasteiger partial charge in [0.2, 0.25) is 5.91 Å². The Morgan fingerprint density at radius 2 is 1.69 bits per heavy atom. The fraction of sp³-hybridized carbons (Fsp3) is 0.419. The summed E-state index contributed by atoms with van der Waals surface area (Å²) in [7, 11) is -3.69. The number of aromatic nitrogens is 1. The minimum absolute atomic E-state index is 0.142. The van der Waals surface area contributed by atoms with Crippen molar-refractivity contribution in [2.75, 3.05) is 51.3 Å². The van der Waals surface area contributed by atoms with Gasteiger partial charge in [-0.1, -0.05) is 12.1 Å². The number of nitrogens with one attached hydrogen (secondary N) is 2. The van der Waals surface area contributed by atoms with Gasteiger partial charge in [0.15, 0.2) is 0 Å². The Morgan fingerprint density at radius 1 is 0.978 bits per heavy atom. The molecule has 0 bridgehead atoms. The Bertz CT molecular complexity index is 1570. The van der Waals surface area contributed by atoms with Gasteiger partial charge < -0.3 is 15.4 Å². The highest BCUT2D eigenvalue weighted by atomic mass is 32.2. The van der Waals surface area contributed by atoms with Gasteiger partial charge in [-0.15, -0.1) is 0 Å². The molecule has 2 unspecified atom stereocenters. The maximum atomic E-state index is 15.0. The number of hydrogen-bond acceptors (Lipinski definition) is 6. The number of pyridine rings is 1. The summed E-state index contributed by atoms with van der Waals surface area (Å²) < 4.78 is 91.8. The van der Waals surface area contributed by atoms with Crippen LogP contribution >= 0.6 is 0 Å². The topological polar surface area (TPSA) is 104 Å². The molecule has 3 heterocycles. The van der Waals surface area contributed by atoms with Crippen LogP contribution in [0.5, 0.6) is 0 Å². The van der Waals surface area contributed by atoms with Crippen molar-refractivity contribution in [3.05, 3.63) is 94.8 Å². The number of morpholine rings is 1. The second-order valence-corrected chi connectivity index (χ2v) is 13.0. The van der Waals surface area contributed by atoms with Gasteiger partial charge in [-0.05, 0) is 54.7 Å². The fourth-order valence-electron chi connectivity index (χ4n) is 5.84. The van der Waals surface area contributed by atoms with Crippen LogP contribution in [0.4, 0.5) is 23.2 Å². The molecule has 2 aliphatic heterocycles. The number of carbonyl (C=O) groups is 1. The molecule has 2 saturated heterocycles. The summed E-state index contributed by atoms with van der Waals surface area (Å²) in [5.74, 6) is -4.17. The number of carbonyl (C=O) groups excluding carboxylic acids is 1. The number of anilines is 1. The lowest BCUT2D eigenvalue weighted by Crippen LogP contribution is -2.58. The predicted octanol–water partition coefficient (Wildman–Crippen LogP) is 3.97. The first-order valence-corrected chi connectivity index (χ1v) is 16.2. The molecule has 0 saturated carbocycles. The van der Waals surface area contributed by atoms with Crippen LogP contribution in [0.15, 0.2) is 54.9 Å². The molecule has 242 valence electrons. The minimum Gasteiger partial charge on any atom is -0.379 e. The van der Waals surface area contributed by atoms with Crippen LogP contribution in [0.25, 0.3) is 0 Å². The molecule has 2 atom stereocenters. The van der Waals surface area contributed by atoms with E-state index in [0.29, 0.717) is 64.3 Å². The van der Waals surface area contributed by atoms with Crippen molar-refractivity contribution in [3.63, 3.8) is 0 Å². The maximum absolute atomic E-state index is 15.0. The standard InChI is InChI=1S/C31H35F4N5O4S/c32-23-6-4-21(5-7-23)28(22-14-24(33)16-25(34)15-22)17-31(41)38-30-20-37-19-29(35)27(30)3-1-2-26-18-36-8-9-40(26)45(42,43)39-10-12-44-13-11-39/h4-7,14-16,19-20,26,28,36H,1-3,8-13,17-18H2,(H,38,41). The average Bonchev–Trinajstić information content (AvgIpc) is 3.02. The van der Waals surface area contributed by atoms with E-state index in [2.05, 4.69) is 15.6 Å². The minimum atomic E-state index is -3.69. The second kappa shape index (κ2) is 14.8. The predicted molar refractivity (Wildman–Crippen MR) is 160 cm³/mol. The van der Waals surface area contributed by atoms with Gasteiger partial charge in [-0.25, -0.2) is 17.6 Å². The molecule has 0 spiro atoms. The molecule has 14 heteroatoms. The lowest BCUT2D eigenvalue weighted by atomic mass is 9.88. The third kappa shape index (κ3) is 8.24. The summed E-state index contributed by atoms with van der Waals surface area (Å²) in [6.45, 7) is 2.57. The maximum Gasteiger partial charge on any atom is 0.282 e. The molecule has 5 rings (SSSR count). The number of amides is 1. The van der Waals surface area contributed by atoms with Crippen molar-refractivity contribution in [2.45, 2.75) is 37.6 Å². The molecule has 3 aromatic rings. The Balaban J connectivity index is 1.28. The number of halogens is 4. The first-order chi connectivity index (χ1) is 21.6. The third-order valence-electron chi connectivity index (χ3n) is 8.08. The molecule has 2 aromatic carbocycles. The number of hydrogen-bond donors (Lipinski definition) is 2. The van der Waals surface area contributed by atoms with E-state index in [9.17, 15) is 26.4 Å². The smallest absolute Gasteiger partial charge is 0.282 e. The fourth-order valence-corrected chi connectivity index (χ4v) is 7.63. The van der Waals surface area contributed by atoms with Crippen molar-refractivity contribution in [3.8, 4) is 0 Å². The monoisotopic (exact) mass is 649 g/mol. The Labute approximate surface area is 259 Å². The summed E-state index contributed by atoms with van der Waals surface area (Å²) in [6.07, 6.45) is 3.16. The molecule has 2 N–H and O–H groups in total. The van der Waals surface area contributed by atoms with Gasteiger partial charge in [0.25, 0.3) is 10.2 Å². The molecular weight excluding hydrogens is 614 g/mol. The third-order valence-corrected chi connectivity index (χ3v) is 10.2. The van der Waals surface area contributed by atoms with Crippen LogP contribution in [0.1, 0.15) is 41.9 Å². The normalized spacial score (nSPS) is 18.9. The molecule has 1 aromatic heterocycles. The van der Waals surface area contributed by atoms with Gasteiger partial charge in [0.05, 0.1) is 31.3 Å². The van der Waals surface area contributed by atoms with Crippen molar-refractivity contribution in [1.29, 1.82) is 0 Å². The van der Waals surface area contributed by atoms with Crippen LogP contribution in [0, 0.1) is 23.3 Å². The van der Waals surface area contributed by atoms with Crippen molar-refractivity contribution in [2.24, 2.45) is 0 Å². The molecule has 9 nitrogen and oxygen atoms in total. The molecule has 2 aliphatic rings. The van der Waals surface area contributed by atoms with Crippen LogP contribution in [-0.4, -0.2) is 79.9 Å². The molecule has 1 amide bonds. The van der Waals surface area contributed by atoms with E-state index in [4.69, 9.17) is 4.74 Å². The van der Waals surface area contributed by atoms with Gasteiger partial charge in [0.1, 0.15) is 23.3 Å². The lowest BCUT2D eigenvalue weighted by molar-refractivity contribution is -0.116. The summed E-state index contributed by atoms with van der Waals surface area (Å²) in [5.41, 5.74) is 0.999. The van der Waals surface area contributed by atoms with E-state index >= 15 is 4.39 Å². The van der Waals surface area contributed by atoms with Crippen molar-refractivity contribution < 1.29 is 35.5 Å². The van der Waals surface area contributed by atoms with Crippen molar-refractivity contribution in [1.82, 2.24) is 18.9 Å². The van der Waals surface area contributed by atoms with Crippen LogP contribution in [-0.2, 0) is 26.2 Å². The first kappa shape index (κ1) is 32.9. The zero-order chi connectivity index (χ0) is 32.0. The summed E-state index contributed by atoms with van der Waals surface area (Å²) in [5, 5.41) is 5.92. The van der Waals surface area contributed by atoms with Gasteiger partial charge in [-0.2, -0.15) is 17.0 Å². The summed E-state index contributed by atoms with van der Waals surface area (Å²) in [4.78, 5) is 17.2. The zero-order valence-electron chi connectivity index (χ0n) is 24.5. The van der Waals surface area contributed by atoms with Crippen LogP contribution in [0.3, 0.4) is 0 Å². The van der Waals surface area contributed by atoms with E-state index in [1.54, 1.807) is 0 Å². The van der Waals surface area contributed by atoms with Crippen molar-refractivity contribution >= 4 is 21.8 Å². The first-order valence-electron chi connectivity index (χ1n) is 14.8. The van der Waals surface area contributed by atoms with Gasteiger partial charge in [-0.3, -0.25) is 9.78 Å². The number of piperazine rings is 1. The second-order valence-electron chi connectivity index (χ2n) is 11.1. The number of benzene rings is 2. The van der Waals surface area contributed by atoms with E-state index in [1.165, 1.54) is 39.1 Å². The van der Waals surface area contributed by atoms with E-state index in [1.807, 2.05) is 0 Å². The number of rotatable bonds is 11. The molecule has 45 heavy (non-hydrogen) atoms. The van der Waals surface area contributed by atoms with Crippen LogP contribution in [0.2, 0.25) is 0 Å². The van der Waals surface area contributed by atoms with E-state index in [0.717, 1.165) is 24.4 Å². The Hall–Kier alpha value is -3.43. The molecule has 0 radical (unpaired) electrons. The summed E-state index contributed by atoms with van der Waals surface area (Å²) in [6, 6.07) is 7.88. The molecule has 0 aliphatic carbocycles. The SMILES string of the molecule is O=C(CC(c1ccc(F)cc1)c1cc(F)cc(F)c1)Nc1cncc(F)c1CCCC1CNCCN1S(=O)(=O)N1CCOCC1. The lowest BCUT2D eigenvalue weighted by Gasteiger charge is -2.39. The highest BCUT2D eigenvalue weighted by Gasteiger charge is 2.37. The average molecular weight is 650 g/mol.